The van der Waals surface area contributed by atoms with Crippen molar-refractivity contribution < 1.29 is 4.74 Å². The maximum atomic E-state index is 8.69. The number of methoxy groups -OCH3 is 1. The molecule has 80 valence electrons. The van der Waals surface area contributed by atoms with Crippen LogP contribution in [0.2, 0.25) is 0 Å². The first-order valence-corrected chi connectivity index (χ1v) is 4.67. The van der Waals surface area contributed by atoms with E-state index in [1.165, 1.54) is 6.20 Å². The molecular formula is C12H11N3O. The predicted octanol–water partition coefficient (Wildman–Crippen LogP) is 2.43. The van der Waals surface area contributed by atoms with Crippen LogP contribution in [0, 0.1) is 22.7 Å². The van der Waals surface area contributed by atoms with Gasteiger partial charge in [0.25, 0.3) is 0 Å². The van der Waals surface area contributed by atoms with Crippen molar-refractivity contribution in [2.24, 2.45) is 0 Å². The molecular weight excluding hydrogens is 202 g/mol. The number of rotatable bonds is 4. The molecule has 0 heterocycles. The number of nitriles is 2. The second-order valence-electron chi connectivity index (χ2n) is 2.99. The summed E-state index contributed by atoms with van der Waals surface area (Å²) in [6.45, 7) is 0. The lowest BCUT2D eigenvalue weighted by atomic mass is 10.2. The van der Waals surface area contributed by atoms with E-state index in [0.717, 1.165) is 11.4 Å². The molecule has 0 fully saturated rings. The Bertz CT molecular complexity index is 449. The van der Waals surface area contributed by atoms with E-state index in [1.807, 2.05) is 36.4 Å². The quantitative estimate of drug-likeness (QED) is 0.780. The van der Waals surface area contributed by atoms with E-state index in [2.05, 4.69) is 5.32 Å². The predicted molar refractivity (Wildman–Crippen MR) is 60.5 cm³/mol. The molecule has 1 N–H and O–H groups in total. The van der Waals surface area contributed by atoms with Crippen molar-refractivity contribution in [1.29, 1.82) is 10.5 Å². The van der Waals surface area contributed by atoms with E-state index in [4.69, 9.17) is 15.3 Å². The molecule has 0 amide bonds. The summed E-state index contributed by atoms with van der Waals surface area (Å²) in [6, 6.07) is 11.2. The largest absolute Gasteiger partial charge is 0.497 e. The van der Waals surface area contributed by atoms with Gasteiger partial charge in [-0.15, -0.1) is 0 Å². The number of hydrogen-bond acceptors (Lipinski definition) is 4. The normalized spacial score (nSPS) is 10.1. The van der Waals surface area contributed by atoms with Crippen LogP contribution in [-0.2, 0) is 0 Å². The lowest BCUT2D eigenvalue weighted by molar-refractivity contribution is 0.415. The molecule has 16 heavy (non-hydrogen) atoms. The molecule has 0 aliphatic rings. The van der Waals surface area contributed by atoms with Gasteiger partial charge in [0, 0.05) is 11.9 Å². The van der Waals surface area contributed by atoms with Crippen molar-refractivity contribution in [3.8, 4) is 17.9 Å². The van der Waals surface area contributed by atoms with E-state index in [1.54, 1.807) is 7.11 Å². The number of anilines is 1. The van der Waals surface area contributed by atoms with Gasteiger partial charge in [-0.25, -0.2) is 0 Å². The lowest BCUT2D eigenvalue weighted by Crippen LogP contribution is -1.91. The van der Waals surface area contributed by atoms with E-state index in [-0.39, 0.29) is 6.42 Å². The summed E-state index contributed by atoms with van der Waals surface area (Å²) >= 11 is 0. The van der Waals surface area contributed by atoms with Crippen LogP contribution in [0.1, 0.15) is 6.42 Å². The minimum atomic E-state index is 0.111. The number of nitrogens with zero attached hydrogens (tertiary/aromatic N) is 2. The molecule has 1 rings (SSSR count). The Morgan fingerprint density at radius 3 is 2.56 bits per heavy atom. The van der Waals surface area contributed by atoms with E-state index in [0.29, 0.717) is 5.57 Å². The van der Waals surface area contributed by atoms with Crippen LogP contribution in [0.15, 0.2) is 36.0 Å². The van der Waals surface area contributed by atoms with Crippen molar-refractivity contribution in [2.45, 2.75) is 6.42 Å². The number of hydrogen-bond donors (Lipinski definition) is 1. The van der Waals surface area contributed by atoms with Gasteiger partial charge in [0.15, 0.2) is 0 Å². The highest BCUT2D eigenvalue weighted by Crippen LogP contribution is 2.15. The van der Waals surface area contributed by atoms with Gasteiger partial charge in [0.2, 0.25) is 0 Å². The highest BCUT2D eigenvalue weighted by atomic mass is 16.5. The molecule has 0 spiro atoms. The molecule has 0 unspecified atom stereocenters. The minimum absolute atomic E-state index is 0.111. The molecule has 1 aromatic carbocycles. The second kappa shape index (κ2) is 6.10. The molecule has 0 atom stereocenters. The smallest absolute Gasteiger partial charge is 0.119 e. The highest BCUT2D eigenvalue weighted by molar-refractivity contribution is 5.49. The van der Waals surface area contributed by atoms with Gasteiger partial charge in [-0.3, -0.25) is 0 Å². The number of benzene rings is 1. The zero-order valence-electron chi connectivity index (χ0n) is 8.90. The third-order valence-corrected chi connectivity index (χ3v) is 1.92. The summed E-state index contributed by atoms with van der Waals surface area (Å²) in [4.78, 5) is 0. The molecule has 1 aromatic rings. The Balaban J connectivity index is 2.67. The molecule has 4 nitrogen and oxygen atoms in total. The van der Waals surface area contributed by atoms with Crippen LogP contribution < -0.4 is 10.1 Å². The average molecular weight is 213 g/mol. The Labute approximate surface area is 94.4 Å². The van der Waals surface area contributed by atoms with E-state index < -0.39 is 0 Å². The number of allylic oxidation sites excluding steroid dienone is 1. The van der Waals surface area contributed by atoms with Crippen molar-refractivity contribution in [3.63, 3.8) is 0 Å². The summed E-state index contributed by atoms with van der Waals surface area (Å²) in [6.07, 6.45) is 1.64. The highest BCUT2D eigenvalue weighted by Gasteiger charge is 1.95. The van der Waals surface area contributed by atoms with E-state index in [9.17, 15) is 0 Å². The Morgan fingerprint density at radius 2 is 2.06 bits per heavy atom. The van der Waals surface area contributed by atoms with Crippen molar-refractivity contribution in [3.05, 3.63) is 36.0 Å². The molecule has 0 saturated carbocycles. The molecule has 0 saturated heterocycles. The Hall–Kier alpha value is -2.46. The zero-order valence-corrected chi connectivity index (χ0v) is 8.90. The fourth-order valence-electron chi connectivity index (χ4n) is 1.07. The van der Waals surface area contributed by atoms with Gasteiger partial charge in [-0.2, -0.15) is 10.5 Å². The summed E-state index contributed by atoms with van der Waals surface area (Å²) in [5.74, 6) is 0.770. The molecule has 0 bridgehead atoms. The first-order valence-electron chi connectivity index (χ1n) is 4.67. The summed E-state index contributed by atoms with van der Waals surface area (Å²) in [5.41, 5.74) is 1.24. The van der Waals surface area contributed by atoms with Crippen LogP contribution in [-0.4, -0.2) is 7.11 Å². The van der Waals surface area contributed by atoms with Gasteiger partial charge in [0.05, 0.1) is 31.2 Å². The molecule has 4 heteroatoms. The third kappa shape index (κ3) is 3.36. The van der Waals surface area contributed by atoms with Crippen LogP contribution in [0.25, 0.3) is 0 Å². The topological polar surface area (TPSA) is 68.8 Å². The second-order valence-corrected chi connectivity index (χ2v) is 2.99. The van der Waals surface area contributed by atoms with Gasteiger partial charge in [0.1, 0.15) is 5.75 Å². The monoisotopic (exact) mass is 213 g/mol. The molecule has 0 aliphatic heterocycles. The first kappa shape index (κ1) is 11.6. The zero-order chi connectivity index (χ0) is 11.8. The SMILES string of the molecule is COc1ccc(N/C=C(\C#N)CC#N)cc1. The van der Waals surface area contributed by atoms with Crippen LogP contribution in [0.4, 0.5) is 5.69 Å². The number of ether oxygens (including phenoxy) is 1. The fourth-order valence-corrected chi connectivity index (χ4v) is 1.07. The maximum absolute atomic E-state index is 8.69. The number of nitrogens with one attached hydrogen (secondary N) is 1. The van der Waals surface area contributed by atoms with Gasteiger partial charge < -0.3 is 10.1 Å². The molecule has 0 radical (unpaired) electrons. The Kier molecular flexibility index (Phi) is 4.43. The van der Waals surface area contributed by atoms with Crippen molar-refractivity contribution in [2.75, 3.05) is 12.4 Å². The van der Waals surface area contributed by atoms with Gasteiger partial charge >= 0.3 is 0 Å². The summed E-state index contributed by atoms with van der Waals surface area (Å²) in [5, 5.41) is 20.1. The standard InChI is InChI=1S/C12H11N3O/c1-16-12-4-2-11(3-5-12)15-9-10(8-14)6-7-13/h2-5,9,15H,6H2,1H3/b10-9-. The minimum Gasteiger partial charge on any atom is -0.497 e. The fraction of sp³-hybridized carbons (Fsp3) is 0.167. The van der Waals surface area contributed by atoms with E-state index >= 15 is 0 Å². The van der Waals surface area contributed by atoms with Crippen molar-refractivity contribution in [1.82, 2.24) is 0 Å². The Morgan fingerprint density at radius 1 is 1.38 bits per heavy atom. The molecule has 0 aliphatic carbocycles. The van der Waals surface area contributed by atoms with Crippen LogP contribution >= 0.6 is 0 Å². The maximum Gasteiger partial charge on any atom is 0.119 e. The van der Waals surface area contributed by atoms with Gasteiger partial charge in [-0.05, 0) is 24.3 Å². The third-order valence-electron chi connectivity index (χ3n) is 1.92. The van der Waals surface area contributed by atoms with Crippen LogP contribution in [0.3, 0.4) is 0 Å². The van der Waals surface area contributed by atoms with Gasteiger partial charge in [-0.1, -0.05) is 0 Å². The first-order chi connectivity index (χ1) is 7.80. The summed E-state index contributed by atoms with van der Waals surface area (Å²) < 4.78 is 5.02. The van der Waals surface area contributed by atoms with Crippen molar-refractivity contribution >= 4 is 5.69 Å². The average Bonchev–Trinajstić information content (AvgIpc) is 2.35. The summed E-state index contributed by atoms with van der Waals surface area (Å²) in [7, 11) is 1.60. The molecule has 0 aromatic heterocycles. The van der Waals surface area contributed by atoms with Crippen LogP contribution in [0.5, 0.6) is 5.75 Å². The lowest BCUT2D eigenvalue weighted by Gasteiger charge is -2.03.